The number of rotatable bonds is 3. The Balaban J connectivity index is 2.53. The van der Waals surface area contributed by atoms with Gasteiger partial charge in [0, 0.05) is 0 Å². The summed E-state index contributed by atoms with van der Waals surface area (Å²) >= 11 is 0. The van der Waals surface area contributed by atoms with E-state index in [1.54, 1.807) is 6.08 Å². The summed E-state index contributed by atoms with van der Waals surface area (Å²) in [5.74, 6) is 0.763. The summed E-state index contributed by atoms with van der Waals surface area (Å²) in [6.07, 6.45) is 3.56. The van der Waals surface area contributed by atoms with Crippen LogP contribution in [0.25, 0.3) is 33.6 Å². The molecule has 2 aromatic carbocycles. The number of fused-ring (bicyclic) bond motifs is 3. The summed E-state index contributed by atoms with van der Waals surface area (Å²) in [4.78, 5) is 13.0. The minimum Gasteiger partial charge on any atom is -0.496 e. The van der Waals surface area contributed by atoms with E-state index in [0.29, 0.717) is 28.1 Å². The van der Waals surface area contributed by atoms with Crippen LogP contribution in [0.5, 0.6) is 0 Å². The van der Waals surface area contributed by atoms with Gasteiger partial charge in [0.1, 0.15) is 22.7 Å². The molecule has 3 rings (SSSR count). The van der Waals surface area contributed by atoms with E-state index in [1.165, 1.54) is 7.11 Å². The number of methoxy groups -OCH3 is 1. The van der Waals surface area contributed by atoms with Gasteiger partial charge < -0.3 is 9.15 Å². The molecular formula is C19H16O3. The molecule has 0 amide bonds. The third-order valence-electron chi connectivity index (χ3n) is 3.65. The van der Waals surface area contributed by atoms with Gasteiger partial charge in [-0.15, -0.1) is 0 Å². The van der Waals surface area contributed by atoms with Gasteiger partial charge in [-0.3, -0.25) is 4.79 Å². The highest BCUT2D eigenvalue weighted by Crippen LogP contribution is 2.27. The van der Waals surface area contributed by atoms with E-state index in [4.69, 9.17) is 9.15 Å². The van der Waals surface area contributed by atoms with Crippen LogP contribution in [0.3, 0.4) is 0 Å². The van der Waals surface area contributed by atoms with Crippen LogP contribution in [0.1, 0.15) is 18.2 Å². The molecule has 3 aromatic rings. The topological polar surface area (TPSA) is 39.4 Å². The van der Waals surface area contributed by atoms with Crippen LogP contribution in [0, 0.1) is 0 Å². The van der Waals surface area contributed by atoms with Crippen molar-refractivity contribution in [3.63, 3.8) is 0 Å². The van der Waals surface area contributed by atoms with Gasteiger partial charge in [-0.2, -0.15) is 0 Å². The zero-order valence-corrected chi connectivity index (χ0v) is 12.6. The molecule has 1 heterocycles. The van der Waals surface area contributed by atoms with E-state index in [-0.39, 0.29) is 5.43 Å². The van der Waals surface area contributed by atoms with E-state index in [0.717, 1.165) is 10.8 Å². The molecule has 0 atom stereocenters. The summed E-state index contributed by atoms with van der Waals surface area (Å²) in [5, 5.41) is 2.42. The Morgan fingerprint density at radius 2 is 2.00 bits per heavy atom. The van der Waals surface area contributed by atoms with Gasteiger partial charge in [-0.25, -0.2) is 0 Å². The average Bonchev–Trinajstić information content (AvgIpc) is 2.54. The molecule has 0 radical (unpaired) electrons. The molecule has 0 aliphatic carbocycles. The average molecular weight is 292 g/mol. The largest absolute Gasteiger partial charge is 0.496 e. The molecular weight excluding hydrogens is 276 g/mol. The maximum atomic E-state index is 13.0. The lowest BCUT2D eigenvalue weighted by molar-refractivity contribution is 0.369. The van der Waals surface area contributed by atoms with Crippen LogP contribution >= 0.6 is 0 Å². The molecule has 110 valence electrons. The van der Waals surface area contributed by atoms with Crippen LogP contribution in [-0.4, -0.2) is 7.11 Å². The Bertz CT molecular complexity index is 961. The maximum absolute atomic E-state index is 13.0. The van der Waals surface area contributed by atoms with Crippen LogP contribution in [0.4, 0.5) is 0 Å². The van der Waals surface area contributed by atoms with Gasteiger partial charge in [0.05, 0.1) is 12.5 Å². The third kappa shape index (κ3) is 2.11. The summed E-state index contributed by atoms with van der Waals surface area (Å²) in [6.45, 7) is 5.68. The number of hydrogen-bond acceptors (Lipinski definition) is 3. The number of allylic oxidation sites excluding steroid dienone is 1. The van der Waals surface area contributed by atoms with Gasteiger partial charge in [-0.05, 0) is 29.8 Å². The van der Waals surface area contributed by atoms with Crippen LogP contribution in [0.2, 0.25) is 0 Å². The summed E-state index contributed by atoms with van der Waals surface area (Å²) in [5.41, 5.74) is 0.798. The highest BCUT2D eigenvalue weighted by atomic mass is 16.5. The number of benzene rings is 2. The van der Waals surface area contributed by atoms with E-state index in [9.17, 15) is 4.79 Å². The van der Waals surface area contributed by atoms with Crippen LogP contribution < -0.4 is 5.43 Å². The Labute approximate surface area is 128 Å². The molecule has 0 fully saturated rings. The van der Waals surface area contributed by atoms with Crippen LogP contribution in [-0.2, 0) is 4.74 Å². The molecule has 1 aromatic heterocycles. The quantitative estimate of drug-likeness (QED) is 0.523. The summed E-state index contributed by atoms with van der Waals surface area (Å²) in [7, 11) is 1.49. The minimum atomic E-state index is -0.127. The lowest BCUT2D eigenvalue weighted by Crippen LogP contribution is -2.11. The van der Waals surface area contributed by atoms with Gasteiger partial charge in [0.15, 0.2) is 0 Å². The van der Waals surface area contributed by atoms with Crippen molar-refractivity contribution >= 4 is 33.6 Å². The van der Waals surface area contributed by atoms with Crippen molar-refractivity contribution in [2.24, 2.45) is 0 Å². The number of ether oxygens (including phenoxy) is 1. The van der Waals surface area contributed by atoms with Crippen molar-refractivity contribution in [2.45, 2.75) is 6.92 Å². The molecule has 0 aliphatic heterocycles. The molecule has 0 spiro atoms. The molecule has 0 unspecified atom stereocenters. The van der Waals surface area contributed by atoms with Crippen LogP contribution in [0.15, 0.2) is 58.3 Å². The molecule has 3 heteroatoms. The number of hydrogen-bond donors (Lipinski definition) is 0. The second kappa shape index (κ2) is 5.53. The van der Waals surface area contributed by atoms with Crippen molar-refractivity contribution in [2.75, 3.05) is 7.11 Å². The van der Waals surface area contributed by atoms with Gasteiger partial charge >= 0.3 is 0 Å². The normalized spacial score (nSPS) is 11.4. The monoisotopic (exact) mass is 292 g/mol. The van der Waals surface area contributed by atoms with E-state index in [2.05, 4.69) is 6.58 Å². The highest BCUT2D eigenvalue weighted by molar-refractivity contribution is 6.06. The Morgan fingerprint density at radius 1 is 1.23 bits per heavy atom. The first kappa shape index (κ1) is 14.1. The van der Waals surface area contributed by atoms with Gasteiger partial charge in [-0.1, -0.05) is 43.0 Å². The predicted octanol–water partition coefficient (Wildman–Crippen LogP) is 4.60. The first-order valence-electron chi connectivity index (χ1n) is 7.02. The van der Waals surface area contributed by atoms with Crippen molar-refractivity contribution < 1.29 is 9.15 Å². The fourth-order valence-electron chi connectivity index (χ4n) is 2.61. The van der Waals surface area contributed by atoms with Gasteiger partial charge in [0.2, 0.25) is 5.43 Å². The minimum absolute atomic E-state index is 0.127. The zero-order valence-electron chi connectivity index (χ0n) is 12.6. The van der Waals surface area contributed by atoms with Gasteiger partial charge in [0.25, 0.3) is 0 Å². The second-order valence-electron chi connectivity index (χ2n) is 4.96. The SMILES string of the molecule is C=C(OC)c1c(/C=C\C)oc2ccc3ccccc3c2c1=O. The standard InChI is InChI=1S/C19H16O3/c1-4-7-15-17(12(2)21-3)19(20)18-14-9-6-5-8-13(14)10-11-16(18)22-15/h4-11H,2H2,1,3H3/b7-4-. The van der Waals surface area contributed by atoms with E-state index in [1.807, 2.05) is 49.4 Å². The first-order valence-corrected chi connectivity index (χ1v) is 7.02. The lowest BCUT2D eigenvalue weighted by atomic mass is 10.0. The Morgan fingerprint density at radius 3 is 2.73 bits per heavy atom. The van der Waals surface area contributed by atoms with Crippen molar-refractivity contribution in [1.29, 1.82) is 0 Å². The molecule has 0 saturated heterocycles. The lowest BCUT2D eigenvalue weighted by Gasteiger charge is -2.10. The molecule has 0 saturated carbocycles. The van der Waals surface area contributed by atoms with E-state index < -0.39 is 0 Å². The zero-order chi connectivity index (χ0) is 15.7. The van der Waals surface area contributed by atoms with Crippen molar-refractivity contribution in [1.82, 2.24) is 0 Å². The fraction of sp³-hybridized carbons (Fsp3) is 0.105. The molecule has 3 nitrogen and oxygen atoms in total. The Hall–Kier alpha value is -2.81. The first-order chi connectivity index (χ1) is 10.7. The van der Waals surface area contributed by atoms with Crippen molar-refractivity contribution in [3.8, 4) is 0 Å². The second-order valence-corrected chi connectivity index (χ2v) is 4.96. The fourth-order valence-corrected chi connectivity index (χ4v) is 2.61. The Kier molecular flexibility index (Phi) is 3.55. The smallest absolute Gasteiger partial charge is 0.204 e. The highest BCUT2D eigenvalue weighted by Gasteiger charge is 2.17. The predicted molar refractivity (Wildman–Crippen MR) is 90.7 cm³/mol. The molecule has 0 N–H and O–H groups in total. The van der Waals surface area contributed by atoms with E-state index >= 15 is 0 Å². The molecule has 22 heavy (non-hydrogen) atoms. The molecule has 0 aliphatic rings. The summed E-state index contributed by atoms with van der Waals surface area (Å²) < 4.78 is 11.1. The molecule has 0 bridgehead atoms. The summed E-state index contributed by atoms with van der Waals surface area (Å²) in [6, 6.07) is 11.5. The third-order valence-corrected chi connectivity index (χ3v) is 3.65. The maximum Gasteiger partial charge on any atom is 0.204 e. The van der Waals surface area contributed by atoms with Crippen molar-refractivity contribution in [3.05, 3.63) is 70.6 Å².